The predicted octanol–water partition coefficient (Wildman–Crippen LogP) is 2.52. The Morgan fingerprint density at radius 1 is 1.63 bits per heavy atom. The lowest BCUT2D eigenvalue weighted by Crippen LogP contribution is -2.20. The maximum atomic E-state index is 12.0. The van der Waals surface area contributed by atoms with Crippen molar-refractivity contribution in [3.8, 4) is 10.8 Å². The molecule has 0 aliphatic heterocycles. The average molecular weight is 277 g/mol. The van der Waals surface area contributed by atoms with Gasteiger partial charge in [0.05, 0.1) is 12.3 Å². The normalized spacial score (nSPS) is 18.1. The van der Waals surface area contributed by atoms with Gasteiger partial charge in [-0.3, -0.25) is 4.79 Å². The molecule has 2 aromatic rings. The van der Waals surface area contributed by atoms with E-state index in [1.807, 2.05) is 6.92 Å². The molecule has 0 saturated heterocycles. The van der Waals surface area contributed by atoms with Gasteiger partial charge in [0.15, 0.2) is 10.8 Å². The van der Waals surface area contributed by atoms with Crippen molar-refractivity contribution in [2.24, 2.45) is 0 Å². The summed E-state index contributed by atoms with van der Waals surface area (Å²) in [5.41, 5.74) is 0.890. The minimum Gasteiger partial charge on any atom is -0.465 e. The molecule has 3 rings (SSSR count). The molecule has 0 saturated carbocycles. The number of nitrogens with zero attached hydrogens (tertiary/aromatic N) is 2. The standard InChI is InChI=1S/C13H15N3O2S/c1-2-18-13(17)8-4-3-5-9-10(8)16-12(19-9)11-14-6-7-15-11/h6-8H,2-5H2,1H3,(H,14,15). The van der Waals surface area contributed by atoms with Gasteiger partial charge in [0, 0.05) is 17.3 Å². The number of aryl methyl sites for hydroxylation is 1. The molecule has 0 spiro atoms. The summed E-state index contributed by atoms with van der Waals surface area (Å²) in [4.78, 5) is 25.0. The SMILES string of the molecule is CCOC(=O)C1CCCc2sc(-c3ncc[nH]3)nc21. The Hall–Kier alpha value is -1.69. The third kappa shape index (κ3) is 2.28. The quantitative estimate of drug-likeness (QED) is 0.875. The number of fused-ring (bicyclic) bond motifs is 1. The highest BCUT2D eigenvalue weighted by Crippen LogP contribution is 2.37. The molecule has 19 heavy (non-hydrogen) atoms. The van der Waals surface area contributed by atoms with E-state index in [9.17, 15) is 4.79 Å². The van der Waals surface area contributed by atoms with E-state index in [2.05, 4.69) is 15.0 Å². The van der Waals surface area contributed by atoms with Gasteiger partial charge in [0.25, 0.3) is 0 Å². The van der Waals surface area contributed by atoms with Crippen LogP contribution in [0.4, 0.5) is 0 Å². The zero-order chi connectivity index (χ0) is 13.2. The van der Waals surface area contributed by atoms with E-state index in [0.717, 1.165) is 35.8 Å². The highest BCUT2D eigenvalue weighted by atomic mass is 32.1. The number of ether oxygens (including phenoxy) is 1. The molecule has 1 aliphatic carbocycles. The molecule has 1 unspecified atom stereocenters. The van der Waals surface area contributed by atoms with Crippen molar-refractivity contribution in [3.63, 3.8) is 0 Å². The fourth-order valence-corrected chi connectivity index (χ4v) is 3.50. The van der Waals surface area contributed by atoms with Gasteiger partial charge in [-0.05, 0) is 26.2 Å². The van der Waals surface area contributed by atoms with Gasteiger partial charge in [-0.2, -0.15) is 0 Å². The first-order valence-electron chi connectivity index (χ1n) is 6.45. The van der Waals surface area contributed by atoms with Crippen molar-refractivity contribution in [1.82, 2.24) is 15.0 Å². The minimum atomic E-state index is -0.205. The first-order chi connectivity index (χ1) is 9.29. The maximum Gasteiger partial charge on any atom is 0.315 e. The Balaban J connectivity index is 1.94. The first-order valence-corrected chi connectivity index (χ1v) is 7.27. The second kappa shape index (κ2) is 5.13. The molecule has 5 nitrogen and oxygen atoms in total. The number of hydrogen-bond acceptors (Lipinski definition) is 5. The van der Waals surface area contributed by atoms with Gasteiger partial charge in [-0.25, -0.2) is 9.97 Å². The highest BCUT2D eigenvalue weighted by Gasteiger charge is 2.31. The molecular formula is C13H15N3O2S. The summed E-state index contributed by atoms with van der Waals surface area (Å²) in [6, 6.07) is 0. The van der Waals surface area contributed by atoms with Crippen LogP contribution >= 0.6 is 11.3 Å². The summed E-state index contributed by atoms with van der Waals surface area (Å²) in [6.45, 7) is 2.25. The lowest BCUT2D eigenvalue weighted by Gasteiger charge is -2.19. The fraction of sp³-hybridized carbons (Fsp3) is 0.462. The van der Waals surface area contributed by atoms with Crippen LogP contribution in [0.3, 0.4) is 0 Å². The van der Waals surface area contributed by atoms with Crippen molar-refractivity contribution in [3.05, 3.63) is 23.0 Å². The monoisotopic (exact) mass is 277 g/mol. The smallest absolute Gasteiger partial charge is 0.315 e. The van der Waals surface area contributed by atoms with Crippen LogP contribution < -0.4 is 0 Å². The third-order valence-corrected chi connectivity index (χ3v) is 4.36. The number of esters is 1. The molecule has 1 atom stereocenters. The van der Waals surface area contributed by atoms with E-state index >= 15 is 0 Å². The number of nitrogens with one attached hydrogen (secondary N) is 1. The predicted molar refractivity (Wildman–Crippen MR) is 72.0 cm³/mol. The molecular weight excluding hydrogens is 262 g/mol. The van der Waals surface area contributed by atoms with E-state index in [1.54, 1.807) is 23.7 Å². The zero-order valence-electron chi connectivity index (χ0n) is 10.7. The highest BCUT2D eigenvalue weighted by molar-refractivity contribution is 7.15. The van der Waals surface area contributed by atoms with Gasteiger partial charge in [-0.15, -0.1) is 11.3 Å². The molecule has 2 aromatic heterocycles. The molecule has 0 bridgehead atoms. The summed E-state index contributed by atoms with van der Waals surface area (Å²) in [5.74, 6) is 0.408. The number of aromatic nitrogens is 3. The van der Waals surface area contributed by atoms with Crippen LogP contribution in [0.5, 0.6) is 0 Å². The Labute approximate surface area is 115 Å². The Kier molecular flexibility index (Phi) is 3.33. The number of hydrogen-bond donors (Lipinski definition) is 1. The van der Waals surface area contributed by atoms with Crippen LogP contribution in [-0.4, -0.2) is 27.5 Å². The Morgan fingerprint density at radius 2 is 2.53 bits per heavy atom. The zero-order valence-corrected chi connectivity index (χ0v) is 11.5. The summed E-state index contributed by atoms with van der Waals surface area (Å²) < 4.78 is 5.14. The molecule has 1 aliphatic rings. The lowest BCUT2D eigenvalue weighted by molar-refractivity contribution is -0.145. The van der Waals surface area contributed by atoms with Crippen molar-refractivity contribution in [1.29, 1.82) is 0 Å². The second-order valence-corrected chi connectivity index (χ2v) is 5.55. The van der Waals surface area contributed by atoms with E-state index in [0.29, 0.717) is 6.61 Å². The largest absolute Gasteiger partial charge is 0.465 e. The molecule has 100 valence electrons. The number of rotatable bonds is 3. The van der Waals surface area contributed by atoms with E-state index in [-0.39, 0.29) is 11.9 Å². The third-order valence-electron chi connectivity index (χ3n) is 3.23. The van der Waals surface area contributed by atoms with Gasteiger partial charge >= 0.3 is 5.97 Å². The van der Waals surface area contributed by atoms with Crippen LogP contribution in [0, 0.1) is 0 Å². The Morgan fingerprint density at radius 3 is 3.26 bits per heavy atom. The van der Waals surface area contributed by atoms with Crippen LogP contribution in [-0.2, 0) is 16.0 Å². The molecule has 1 N–H and O–H groups in total. The van der Waals surface area contributed by atoms with E-state index in [1.165, 1.54) is 4.88 Å². The van der Waals surface area contributed by atoms with Crippen LogP contribution in [0.25, 0.3) is 10.8 Å². The average Bonchev–Trinajstić information content (AvgIpc) is 3.06. The first kappa shape index (κ1) is 12.3. The number of aromatic amines is 1. The van der Waals surface area contributed by atoms with Crippen molar-refractivity contribution < 1.29 is 9.53 Å². The summed E-state index contributed by atoms with van der Waals surface area (Å²) in [7, 11) is 0. The number of thiazole rings is 1. The Bertz CT molecular complexity index is 577. The fourth-order valence-electron chi connectivity index (χ4n) is 2.37. The number of H-pyrrole nitrogens is 1. The lowest BCUT2D eigenvalue weighted by atomic mass is 9.91. The van der Waals surface area contributed by atoms with Gasteiger partial charge in [-0.1, -0.05) is 0 Å². The summed E-state index contributed by atoms with van der Waals surface area (Å²) in [6.07, 6.45) is 6.31. The van der Waals surface area contributed by atoms with Gasteiger partial charge in [0.2, 0.25) is 0 Å². The summed E-state index contributed by atoms with van der Waals surface area (Å²) in [5, 5.41) is 0.853. The number of carbonyl (C=O) groups is 1. The van der Waals surface area contributed by atoms with Crippen LogP contribution in [0.15, 0.2) is 12.4 Å². The second-order valence-electron chi connectivity index (χ2n) is 4.46. The van der Waals surface area contributed by atoms with Crippen LogP contribution in [0.2, 0.25) is 0 Å². The molecule has 0 amide bonds. The number of imidazole rings is 1. The molecule has 0 radical (unpaired) electrons. The van der Waals surface area contributed by atoms with E-state index < -0.39 is 0 Å². The maximum absolute atomic E-state index is 12.0. The topological polar surface area (TPSA) is 67.9 Å². The van der Waals surface area contributed by atoms with Crippen molar-refractivity contribution >= 4 is 17.3 Å². The molecule has 6 heteroatoms. The molecule has 0 aromatic carbocycles. The van der Waals surface area contributed by atoms with Gasteiger partial charge in [0.1, 0.15) is 5.92 Å². The van der Waals surface area contributed by atoms with E-state index in [4.69, 9.17) is 4.74 Å². The van der Waals surface area contributed by atoms with Crippen molar-refractivity contribution in [2.75, 3.05) is 6.61 Å². The van der Waals surface area contributed by atoms with Gasteiger partial charge < -0.3 is 9.72 Å². The molecule has 0 fully saturated rings. The number of carbonyl (C=O) groups excluding carboxylic acids is 1. The van der Waals surface area contributed by atoms with Crippen LogP contribution in [0.1, 0.15) is 36.3 Å². The minimum absolute atomic E-state index is 0.153. The molecule has 2 heterocycles. The summed E-state index contributed by atoms with van der Waals surface area (Å²) >= 11 is 1.62. The van der Waals surface area contributed by atoms with Crippen molar-refractivity contribution in [2.45, 2.75) is 32.1 Å².